The lowest BCUT2D eigenvalue weighted by atomic mass is 10.1. The minimum absolute atomic E-state index is 0.00142. The highest BCUT2D eigenvalue weighted by atomic mass is 16.1. The number of amides is 1. The number of hydrogen-bond donors (Lipinski definition) is 2. The summed E-state index contributed by atoms with van der Waals surface area (Å²) in [6.07, 6.45) is 2.85. The van der Waals surface area contributed by atoms with Crippen molar-refractivity contribution >= 4 is 11.6 Å². The normalized spacial score (nSPS) is 10.1. The smallest absolute Gasteiger partial charge is 0.224 e. The van der Waals surface area contributed by atoms with Crippen LogP contribution in [0.15, 0.2) is 48.7 Å². The highest BCUT2D eigenvalue weighted by Crippen LogP contribution is 2.06. The largest absolute Gasteiger partial charge is 0.399 e. The van der Waals surface area contributed by atoms with Gasteiger partial charge in [-0.15, -0.1) is 0 Å². The summed E-state index contributed by atoms with van der Waals surface area (Å²) in [5.74, 6) is 0.00142. The predicted octanol–water partition coefficient (Wildman–Crippen LogP) is 1.57. The summed E-state index contributed by atoms with van der Waals surface area (Å²) in [5.41, 5.74) is 8.25. The third-order valence-corrected chi connectivity index (χ3v) is 2.75. The van der Waals surface area contributed by atoms with Gasteiger partial charge >= 0.3 is 0 Å². The van der Waals surface area contributed by atoms with Gasteiger partial charge in [-0.05, 0) is 29.8 Å². The van der Waals surface area contributed by atoms with Crippen molar-refractivity contribution in [2.24, 2.45) is 0 Å². The Morgan fingerprint density at radius 3 is 2.84 bits per heavy atom. The average molecular weight is 255 g/mol. The number of carbonyl (C=O) groups is 1. The van der Waals surface area contributed by atoms with E-state index in [1.54, 1.807) is 6.20 Å². The molecule has 0 aliphatic heterocycles. The Bertz CT molecular complexity index is 540. The first-order valence-corrected chi connectivity index (χ1v) is 6.25. The zero-order chi connectivity index (χ0) is 13.5. The number of aromatic nitrogens is 1. The molecule has 3 N–H and O–H groups in total. The quantitative estimate of drug-likeness (QED) is 0.797. The summed E-state index contributed by atoms with van der Waals surface area (Å²) < 4.78 is 0. The van der Waals surface area contributed by atoms with Crippen LogP contribution in [0.1, 0.15) is 11.3 Å². The maximum atomic E-state index is 11.7. The van der Waals surface area contributed by atoms with Crippen molar-refractivity contribution in [3.63, 3.8) is 0 Å². The first-order chi connectivity index (χ1) is 9.24. The summed E-state index contributed by atoms with van der Waals surface area (Å²) in [4.78, 5) is 15.9. The molecule has 1 heterocycles. The van der Waals surface area contributed by atoms with Gasteiger partial charge in [-0.25, -0.2) is 0 Å². The minimum Gasteiger partial charge on any atom is -0.399 e. The molecule has 0 spiro atoms. The maximum Gasteiger partial charge on any atom is 0.224 e. The third kappa shape index (κ3) is 4.43. The molecule has 2 rings (SSSR count). The molecule has 0 saturated heterocycles. The van der Waals surface area contributed by atoms with E-state index in [-0.39, 0.29) is 5.91 Å². The van der Waals surface area contributed by atoms with E-state index in [0.717, 1.165) is 17.7 Å². The molecule has 0 atom stereocenters. The van der Waals surface area contributed by atoms with E-state index in [2.05, 4.69) is 10.3 Å². The van der Waals surface area contributed by atoms with Crippen LogP contribution in [0, 0.1) is 0 Å². The molecular weight excluding hydrogens is 238 g/mol. The van der Waals surface area contributed by atoms with Crippen LogP contribution in [-0.4, -0.2) is 17.4 Å². The summed E-state index contributed by atoms with van der Waals surface area (Å²) in [7, 11) is 0. The number of nitrogens with one attached hydrogen (secondary N) is 1. The van der Waals surface area contributed by atoms with E-state index in [1.165, 1.54) is 0 Å². The van der Waals surface area contributed by atoms with Crippen LogP contribution in [0.2, 0.25) is 0 Å². The Balaban J connectivity index is 1.76. The van der Waals surface area contributed by atoms with Gasteiger partial charge in [-0.1, -0.05) is 18.2 Å². The number of nitrogen functional groups attached to an aromatic ring is 1. The molecule has 4 heteroatoms. The van der Waals surface area contributed by atoms with Crippen LogP contribution in [0.3, 0.4) is 0 Å². The second kappa shape index (κ2) is 6.54. The van der Waals surface area contributed by atoms with Gasteiger partial charge < -0.3 is 11.1 Å². The zero-order valence-corrected chi connectivity index (χ0v) is 10.7. The van der Waals surface area contributed by atoms with Gasteiger partial charge in [0.25, 0.3) is 0 Å². The molecule has 2 aromatic rings. The van der Waals surface area contributed by atoms with Gasteiger partial charge in [0.05, 0.1) is 6.42 Å². The van der Waals surface area contributed by atoms with Gasteiger partial charge in [0.2, 0.25) is 5.91 Å². The first-order valence-electron chi connectivity index (χ1n) is 6.25. The van der Waals surface area contributed by atoms with E-state index >= 15 is 0 Å². The molecule has 1 amide bonds. The molecule has 98 valence electrons. The maximum absolute atomic E-state index is 11.7. The van der Waals surface area contributed by atoms with Crippen molar-refractivity contribution < 1.29 is 4.79 Å². The number of carbonyl (C=O) groups excluding carboxylic acids is 1. The zero-order valence-electron chi connectivity index (χ0n) is 10.7. The molecule has 0 bridgehead atoms. The molecule has 0 fully saturated rings. The fraction of sp³-hybridized carbons (Fsp3) is 0.200. The third-order valence-electron chi connectivity index (χ3n) is 2.75. The summed E-state index contributed by atoms with van der Waals surface area (Å²) in [5, 5.41) is 2.88. The van der Waals surface area contributed by atoms with Crippen LogP contribution < -0.4 is 11.1 Å². The van der Waals surface area contributed by atoms with Crippen molar-refractivity contribution in [3.05, 3.63) is 59.9 Å². The molecule has 1 aromatic carbocycles. The molecule has 0 aliphatic rings. The second-order valence-electron chi connectivity index (χ2n) is 4.34. The number of nitrogens with zero attached hydrogens (tertiary/aromatic N) is 1. The second-order valence-corrected chi connectivity index (χ2v) is 4.34. The lowest BCUT2D eigenvalue weighted by Crippen LogP contribution is -2.27. The Hall–Kier alpha value is -2.36. The SMILES string of the molecule is Nc1cccc(CC(=O)NCCc2ccccn2)c1. The Labute approximate surface area is 112 Å². The lowest BCUT2D eigenvalue weighted by molar-refractivity contribution is -0.120. The first kappa shape index (κ1) is 13.1. The van der Waals surface area contributed by atoms with Gasteiger partial charge in [-0.3, -0.25) is 9.78 Å². The molecule has 19 heavy (non-hydrogen) atoms. The Morgan fingerprint density at radius 1 is 1.21 bits per heavy atom. The van der Waals surface area contributed by atoms with Crippen molar-refractivity contribution in [2.75, 3.05) is 12.3 Å². The number of rotatable bonds is 5. The minimum atomic E-state index is 0.00142. The predicted molar refractivity (Wildman–Crippen MR) is 75.5 cm³/mol. The van der Waals surface area contributed by atoms with Crippen molar-refractivity contribution in [3.8, 4) is 0 Å². The number of anilines is 1. The monoisotopic (exact) mass is 255 g/mol. The summed E-state index contributed by atoms with van der Waals surface area (Å²) >= 11 is 0. The Kier molecular flexibility index (Phi) is 4.50. The van der Waals surface area contributed by atoms with E-state index in [0.29, 0.717) is 18.7 Å². The van der Waals surface area contributed by atoms with Crippen LogP contribution in [-0.2, 0) is 17.6 Å². The molecule has 0 aliphatic carbocycles. The number of benzene rings is 1. The molecule has 0 unspecified atom stereocenters. The Morgan fingerprint density at radius 2 is 2.11 bits per heavy atom. The molecular formula is C15H17N3O. The van der Waals surface area contributed by atoms with Crippen molar-refractivity contribution in [1.82, 2.24) is 10.3 Å². The van der Waals surface area contributed by atoms with Crippen molar-refractivity contribution in [2.45, 2.75) is 12.8 Å². The standard InChI is InChI=1S/C15H17N3O/c16-13-5-3-4-12(10-13)11-15(19)18-9-7-14-6-1-2-8-17-14/h1-6,8,10H,7,9,11,16H2,(H,18,19). The molecule has 1 aromatic heterocycles. The van der Waals surface area contributed by atoms with Gasteiger partial charge in [0.1, 0.15) is 0 Å². The van der Waals surface area contributed by atoms with E-state index in [4.69, 9.17) is 5.73 Å². The van der Waals surface area contributed by atoms with Gasteiger partial charge in [0.15, 0.2) is 0 Å². The molecule has 0 radical (unpaired) electrons. The molecule has 4 nitrogen and oxygen atoms in total. The van der Waals surface area contributed by atoms with Gasteiger partial charge in [0, 0.05) is 30.5 Å². The van der Waals surface area contributed by atoms with E-state index in [9.17, 15) is 4.79 Å². The van der Waals surface area contributed by atoms with Crippen LogP contribution in [0.25, 0.3) is 0 Å². The molecule has 0 saturated carbocycles. The fourth-order valence-corrected chi connectivity index (χ4v) is 1.83. The number of pyridine rings is 1. The van der Waals surface area contributed by atoms with Crippen molar-refractivity contribution in [1.29, 1.82) is 0 Å². The van der Waals surface area contributed by atoms with Crippen LogP contribution in [0.5, 0.6) is 0 Å². The van der Waals surface area contributed by atoms with Crippen LogP contribution in [0.4, 0.5) is 5.69 Å². The lowest BCUT2D eigenvalue weighted by Gasteiger charge is -2.05. The van der Waals surface area contributed by atoms with Gasteiger partial charge in [-0.2, -0.15) is 0 Å². The number of hydrogen-bond acceptors (Lipinski definition) is 3. The van der Waals surface area contributed by atoms with E-state index in [1.807, 2.05) is 42.5 Å². The highest BCUT2D eigenvalue weighted by molar-refractivity contribution is 5.78. The topological polar surface area (TPSA) is 68.0 Å². The van der Waals surface area contributed by atoms with E-state index < -0.39 is 0 Å². The fourth-order valence-electron chi connectivity index (χ4n) is 1.83. The number of nitrogens with two attached hydrogens (primary N) is 1. The van der Waals surface area contributed by atoms with Crippen LogP contribution >= 0.6 is 0 Å². The average Bonchev–Trinajstić information content (AvgIpc) is 2.40. The summed E-state index contributed by atoms with van der Waals surface area (Å²) in [6, 6.07) is 13.1. The summed E-state index contributed by atoms with van der Waals surface area (Å²) in [6.45, 7) is 0.595. The highest BCUT2D eigenvalue weighted by Gasteiger charge is 2.03.